The van der Waals surface area contributed by atoms with Gasteiger partial charge in [-0.2, -0.15) is 0 Å². The number of aromatic nitrogens is 3. The molecular weight excluding hydrogens is 341 g/mol. The molecule has 3 aromatic heterocycles. The number of nitrogens with one attached hydrogen (secondary N) is 1. The fraction of sp³-hybridized carbons (Fsp3) is 0.235. The Morgan fingerprint density at radius 1 is 1.36 bits per heavy atom. The van der Waals surface area contributed by atoms with E-state index in [-0.39, 0.29) is 18.0 Å². The molecule has 3 rings (SSSR count). The molecule has 0 spiro atoms. The summed E-state index contributed by atoms with van der Waals surface area (Å²) in [5.41, 5.74) is 7.21. The van der Waals surface area contributed by atoms with Gasteiger partial charge >= 0.3 is 0 Å². The summed E-state index contributed by atoms with van der Waals surface area (Å²) >= 11 is 1.46. The van der Waals surface area contributed by atoms with Crippen LogP contribution < -0.4 is 11.1 Å². The quantitative estimate of drug-likeness (QED) is 0.604. The van der Waals surface area contributed by atoms with Crippen LogP contribution in [0.3, 0.4) is 0 Å². The van der Waals surface area contributed by atoms with Crippen LogP contribution in [0.2, 0.25) is 0 Å². The van der Waals surface area contributed by atoms with E-state index in [0.29, 0.717) is 30.8 Å². The van der Waals surface area contributed by atoms with Crippen molar-refractivity contribution in [2.24, 2.45) is 5.73 Å². The number of hydrogen-bond donors (Lipinski definition) is 3. The summed E-state index contributed by atoms with van der Waals surface area (Å²) in [6.45, 7) is 0.980. The van der Waals surface area contributed by atoms with Gasteiger partial charge in [0.25, 0.3) is 0 Å². The molecule has 0 saturated heterocycles. The summed E-state index contributed by atoms with van der Waals surface area (Å²) < 4.78 is 14.9. The van der Waals surface area contributed by atoms with Crippen LogP contribution in [-0.2, 0) is 0 Å². The highest BCUT2D eigenvalue weighted by atomic mass is 32.1. The summed E-state index contributed by atoms with van der Waals surface area (Å²) in [5, 5.41) is 13.9. The van der Waals surface area contributed by atoms with Gasteiger partial charge in [-0.05, 0) is 6.07 Å². The Bertz CT molecular complexity index is 947. The van der Waals surface area contributed by atoms with Crippen LogP contribution in [0.4, 0.5) is 10.2 Å². The third-order valence-electron chi connectivity index (χ3n) is 3.33. The second kappa shape index (κ2) is 7.98. The van der Waals surface area contributed by atoms with Crippen LogP contribution in [0.1, 0.15) is 12.0 Å². The van der Waals surface area contributed by atoms with Gasteiger partial charge in [-0.25, -0.2) is 14.4 Å². The lowest BCUT2D eigenvalue weighted by molar-refractivity contribution is 0.305. The third-order valence-corrected chi connectivity index (χ3v) is 4.30. The number of aliphatic hydroxyl groups excluding tert-OH is 1. The number of halogens is 1. The number of fused-ring (bicyclic) bond motifs is 1. The van der Waals surface area contributed by atoms with E-state index >= 15 is 0 Å². The first-order chi connectivity index (χ1) is 12.2. The van der Waals surface area contributed by atoms with Gasteiger partial charge in [0.05, 0.1) is 28.6 Å². The van der Waals surface area contributed by atoms with Crippen molar-refractivity contribution in [1.82, 2.24) is 15.0 Å². The van der Waals surface area contributed by atoms with Crippen LogP contribution in [0.15, 0.2) is 23.8 Å². The number of anilines is 1. The van der Waals surface area contributed by atoms with Gasteiger partial charge in [-0.15, -0.1) is 11.3 Å². The summed E-state index contributed by atoms with van der Waals surface area (Å²) in [6, 6.07) is 1.53. The molecule has 3 aromatic rings. The van der Waals surface area contributed by atoms with Crippen molar-refractivity contribution < 1.29 is 9.50 Å². The summed E-state index contributed by atoms with van der Waals surface area (Å²) in [7, 11) is 0. The molecular formula is C17H16FN5OS. The molecule has 0 aliphatic heterocycles. The Labute approximate surface area is 148 Å². The number of hydrogen-bond acceptors (Lipinski definition) is 7. The largest absolute Gasteiger partial charge is 0.395 e. The van der Waals surface area contributed by atoms with E-state index in [0.717, 1.165) is 16.5 Å². The molecule has 128 valence electrons. The number of nitrogens with zero attached hydrogens (tertiary/aromatic N) is 3. The molecule has 0 aliphatic carbocycles. The van der Waals surface area contributed by atoms with Gasteiger partial charge in [-0.1, -0.05) is 11.8 Å². The van der Waals surface area contributed by atoms with Crippen molar-refractivity contribution in [2.75, 3.05) is 25.0 Å². The molecule has 0 unspecified atom stereocenters. The molecule has 0 amide bonds. The lowest BCUT2D eigenvalue weighted by Gasteiger charge is -2.08. The maximum Gasteiger partial charge on any atom is 0.165 e. The number of pyridine rings is 1. The van der Waals surface area contributed by atoms with E-state index in [9.17, 15) is 4.39 Å². The lowest BCUT2D eigenvalue weighted by atomic mass is 10.2. The minimum atomic E-state index is -0.491. The van der Waals surface area contributed by atoms with Crippen molar-refractivity contribution >= 4 is 27.4 Å². The monoisotopic (exact) mass is 357 g/mol. The highest BCUT2D eigenvalue weighted by Gasteiger charge is 2.15. The van der Waals surface area contributed by atoms with E-state index in [1.54, 1.807) is 0 Å². The molecule has 3 heterocycles. The normalized spacial score (nSPS) is 10.5. The Morgan fingerprint density at radius 2 is 2.24 bits per heavy atom. The van der Waals surface area contributed by atoms with Gasteiger partial charge in [0, 0.05) is 31.1 Å². The van der Waals surface area contributed by atoms with Gasteiger partial charge in [0.2, 0.25) is 0 Å². The maximum absolute atomic E-state index is 14.1. The predicted octanol–water partition coefficient (Wildman–Crippen LogP) is 2.00. The van der Waals surface area contributed by atoms with E-state index in [1.807, 2.05) is 5.38 Å². The fourth-order valence-electron chi connectivity index (χ4n) is 2.21. The van der Waals surface area contributed by atoms with E-state index in [2.05, 4.69) is 32.1 Å². The number of rotatable bonds is 5. The average Bonchev–Trinajstić information content (AvgIpc) is 3.03. The van der Waals surface area contributed by atoms with Crippen LogP contribution in [0, 0.1) is 17.7 Å². The van der Waals surface area contributed by atoms with Crippen LogP contribution in [0.25, 0.3) is 21.6 Å². The third kappa shape index (κ3) is 3.74. The van der Waals surface area contributed by atoms with E-state index in [4.69, 9.17) is 10.8 Å². The minimum absolute atomic E-state index is 0.000829. The summed E-state index contributed by atoms with van der Waals surface area (Å²) in [5.74, 6) is 6.25. The van der Waals surface area contributed by atoms with E-state index < -0.39 is 5.82 Å². The zero-order valence-electron chi connectivity index (χ0n) is 13.3. The Morgan fingerprint density at radius 3 is 3.00 bits per heavy atom. The van der Waals surface area contributed by atoms with Crippen molar-refractivity contribution in [3.05, 3.63) is 35.2 Å². The molecule has 0 fully saturated rings. The van der Waals surface area contributed by atoms with Crippen molar-refractivity contribution in [2.45, 2.75) is 6.42 Å². The molecule has 0 atom stereocenters. The first-order valence-corrected chi connectivity index (χ1v) is 8.55. The summed E-state index contributed by atoms with van der Waals surface area (Å²) in [4.78, 5) is 12.7. The smallest absolute Gasteiger partial charge is 0.165 e. The molecule has 0 aliphatic rings. The standard InChI is InChI=1S/C17H16FN5OS/c18-13-9-20-6-4-12(13)16-22-14-11(3-1-2-8-24)10-25-15(14)17(23-16)21-7-5-19/h4,6,9-10,24H,2,5,7-8,19H2,(H,21,22,23). The Kier molecular flexibility index (Phi) is 5.50. The zero-order chi connectivity index (χ0) is 17.6. The van der Waals surface area contributed by atoms with Crippen LogP contribution in [-0.4, -0.2) is 39.8 Å². The van der Waals surface area contributed by atoms with Crippen LogP contribution in [0.5, 0.6) is 0 Å². The molecule has 6 nitrogen and oxygen atoms in total. The number of aliphatic hydroxyl groups is 1. The van der Waals surface area contributed by atoms with Crippen molar-refractivity contribution in [3.8, 4) is 23.2 Å². The van der Waals surface area contributed by atoms with Gasteiger partial charge in [0.15, 0.2) is 11.6 Å². The number of nitrogens with two attached hydrogens (primary N) is 1. The zero-order valence-corrected chi connectivity index (χ0v) is 14.1. The SMILES string of the molecule is NCCNc1nc(-c2ccncc2F)nc2c(C#CCCO)csc12. The molecule has 8 heteroatoms. The average molecular weight is 357 g/mol. The van der Waals surface area contributed by atoms with Gasteiger partial charge in [-0.3, -0.25) is 4.98 Å². The minimum Gasteiger partial charge on any atom is -0.395 e. The number of thiophene rings is 1. The van der Waals surface area contributed by atoms with Crippen molar-refractivity contribution in [1.29, 1.82) is 0 Å². The first-order valence-electron chi connectivity index (χ1n) is 7.67. The molecule has 0 aromatic carbocycles. The predicted molar refractivity (Wildman–Crippen MR) is 96.7 cm³/mol. The van der Waals surface area contributed by atoms with Crippen molar-refractivity contribution in [3.63, 3.8) is 0 Å². The molecule has 25 heavy (non-hydrogen) atoms. The van der Waals surface area contributed by atoms with E-state index in [1.165, 1.54) is 23.6 Å². The Balaban J connectivity index is 2.16. The Hall–Kier alpha value is -2.60. The topological polar surface area (TPSA) is 97.0 Å². The molecule has 0 bridgehead atoms. The maximum atomic E-state index is 14.1. The van der Waals surface area contributed by atoms with Crippen LogP contribution >= 0.6 is 11.3 Å². The molecule has 0 radical (unpaired) electrons. The van der Waals surface area contributed by atoms with Gasteiger partial charge in [0.1, 0.15) is 11.3 Å². The van der Waals surface area contributed by atoms with Gasteiger partial charge < -0.3 is 16.2 Å². The second-order valence-corrected chi connectivity index (χ2v) is 5.95. The molecule has 0 saturated carbocycles. The lowest BCUT2D eigenvalue weighted by Crippen LogP contribution is -2.14. The highest BCUT2D eigenvalue weighted by molar-refractivity contribution is 7.18. The summed E-state index contributed by atoms with van der Waals surface area (Å²) in [6.07, 6.45) is 3.01. The highest BCUT2D eigenvalue weighted by Crippen LogP contribution is 2.32. The fourth-order valence-corrected chi connectivity index (χ4v) is 3.11. The first kappa shape index (κ1) is 17.2. The second-order valence-electron chi connectivity index (χ2n) is 5.07. The molecule has 4 N–H and O–H groups in total.